The number of hydrogen-bond donors (Lipinski definition) is 0. The summed E-state index contributed by atoms with van der Waals surface area (Å²) in [5.41, 5.74) is 1.01. The molecule has 0 amide bonds. The number of thiophene rings is 1. The number of carbonyl (C=O) groups is 1. The highest BCUT2D eigenvalue weighted by atomic mass is 35.5. The van der Waals surface area contributed by atoms with Gasteiger partial charge in [-0.2, -0.15) is 0 Å². The number of benzene rings is 1. The van der Waals surface area contributed by atoms with E-state index in [1.54, 1.807) is 0 Å². The van der Waals surface area contributed by atoms with E-state index in [9.17, 15) is 4.79 Å². The van der Waals surface area contributed by atoms with Crippen LogP contribution in [-0.4, -0.2) is 12.4 Å². The first-order valence-corrected chi connectivity index (χ1v) is 6.76. The van der Waals surface area contributed by atoms with Gasteiger partial charge in [-0.1, -0.05) is 23.7 Å². The third-order valence-electron chi connectivity index (χ3n) is 2.43. The fourth-order valence-corrected chi connectivity index (χ4v) is 2.42. The second-order valence-corrected chi connectivity index (χ2v) is 5.68. The Hall–Kier alpha value is -1.16. The lowest BCUT2D eigenvalue weighted by molar-refractivity contribution is 0.0730. The Balaban J connectivity index is 1.82. The lowest BCUT2D eigenvalue weighted by atomic mass is 10.2. The average molecular weight is 281 g/mol. The van der Waals surface area contributed by atoms with Crippen molar-refractivity contribution in [2.75, 3.05) is 6.61 Å². The molecule has 0 bridgehead atoms. The van der Waals surface area contributed by atoms with Gasteiger partial charge in [0, 0.05) is 9.90 Å². The van der Waals surface area contributed by atoms with Gasteiger partial charge in [0.1, 0.15) is 6.61 Å². The summed E-state index contributed by atoms with van der Waals surface area (Å²) in [4.78, 5) is 13.7. The van der Waals surface area contributed by atoms with Gasteiger partial charge >= 0.3 is 0 Å². The lowest BCUT2D eigenvalue weighted by Gasteiger charge is -2.03. The summed E-state index contributed by atoms with van der Waals surface area (Å²) in [6.07, 6.45) is 0. The van der Waals surface area contributed by atoms with E-state index >= 15 is 0 Å². The van der Waals surface area contributed by atoms with Gasteiger partial charge in [0.25, 0.3) is 0 Å². The monoisotopic (exact) mass is 280 g/mol. The molecule has 0 fully saturated rings. The minimum atomic E-state index is 0.0297. The standard InChI is InChI=1S/C14H13ClO2S/c1-10-2-7-14(18-10)13(16)9-17-8-11-3-5-12(15)6-4-11/h2-7H,8-9H2,1H3. The zero-order valence-corrected chi connectivity index (χ0v) is 11.6. The molecule has 0 aliphatic heterocycles. The molecule has 2 rings (SSSR count). The number of rotatable bonds is 5. The van der Waals surface area contributed by atoms with Crippen LogP contribution in [0.25, 0.3) is 0 Å². The quantitative estimate of drug-likeness (QED) is 0.771. The van der Waals surface area contributed by atoms with E-state index in [0.717, 1.165) is 15.3 Å². The van der Waals surface area contributed by atoms with Crippen molar-refractivity contribution in [3.05, 3.63) is 56.7 Å². The fourth-order valence-electron chi connectivity index (χ4n) is 1.50. The van der Waals surface area contributed by atoms with Crippen molar-refractivity contribution >= 4 is 28.7 Å². The molecule has 0 aliphatic carbocycles. The molecule has 2 nitrogen and oxygen atoms in total. The van der Waals surface area contributed by atoms with E-state index in [4.69, 9.17) is 16.3 Å². The summed E-state index contributed by atoms with van der Waals surface area (Å²) in [6, 6.07) is 11.2. The van der Waals surface area contributed by atoms with Gasteiger partial charge in [0.15, 0.2) is 5.78 Å². The molecule has 2 aromatic rings. The van der Waals surface area contributed by atoms with E-state index in [1.165, 1.54) is 11.3 Å². The Labute approximate surface area is 115 Å². The molecule has 94 valence electrons. The summed E-state index contributed by atoms with van der Waals surface area (Å²) in [7, 11) is 0. The molecule has 0 N–H and O–H groups in total. The number of aryl methyl sites for hydroxylation is 1. The Morgan fingerprint density at radius 2 is 1.94 bits per heavy atom. The van der Waals surface area contributed by atoms with Gasteiger partial charge in [-0.25, -0.2) is 0 Å². The van der Waals surface area contributed by atoms with E-state index in [1.807, 2.05) is 43.3 Å². The minimum Gasteiger partial charge on any atom is -0.369 e. The summed E-state index contributed by atoms with van der Waals surface area (Å²) < 4.78 is 5.40. The highest BCUT2D eigenvalue weighted by Gasteiger charge is 2.08. The predicted octanol–water partition coefficient (Wildman–Crippen LogP) is 4.11. The molecular formula is C14H13ClO2S. The molecular weight excluding hydrogens is 268 g/mol. The van der Waals surface area contributed by atoms with Crippen molar-refractivity contribution in [1.29, 1.82) is 0 Å². The van der Waals surface area contributed by atoms with Crippen LogP contribution in [0.5, 0.6) is 0 Å². The molecule has 0 saturated heterocycles. The molecule has 4 heteroatoms. The average Bonchev–Trinajstić information content (AvgIpc) is 2.78. The number of hydrogen-bond acceptors (Lipinski definition) is 3. The largest absolute Gasteiger partial charge is 0.369 e. The molecule has 0 unspecified atom stereocenters. The smallest absolute Gasteiger partial charge is 0.198 e. The Kier molecular flexibility index (Phi) is 4.53. The third kappa shape index (κ3) is 3.67. The first-order chi connectivity index (χ1) is 8.65. The normalized spacial score (nSPS) is 10.6. The number of Topliss-reactive ketones (excluding diaryl/α,β-unsaturated/α-hetero) is 1. The van der Waals surface area contributed by atoms with Gasteiger partial charge in [-0.15, -0.1) is 11.3 Å². The van der Waals surface area contributed by atoms with Gasteiger partial charge in [-0.05, 0) is 36.8 Å². The van der Waals surface area contributed by atoms with Crippen LogP contribution in [0, 0.1) is 6.92 Å². The Bertz CT molecular complexity index is 531. The minimum absolute atomic E-state index is 0.0297. The topological polar surface area (TPSA) is 26.3 Å². The van der Waals surface area contributed by atoms with Crippen molar-refractivity contribution in [2.45, 2.75) is 13.5 Å². The van der Waals surface area contributed by atoms with Gasteiger partial charge in [0.2, 0.25) is 0 Å². The van der Waals surface area contributed by atoms with Crippen molar-refractivity contribution in [2.24, 2.45) is 0 Å². The highest BCUT2D eigenvalue weighted by Crippen LogP contribution is 2.16. The van der Waals surface area contributed by atoms with Crippen molar-refractivity contribution in [3.8, 4) is 0 Å². The molecule has 0 atom stereocenters. The summed E-state index contributed by atoms with van der Waals surface area (Å²) >= 11 is 7.28. The van der Waals surface area contributed by atoms with Crippen LogP contribution < -0.4 is 0 Å². The number of ketones is 1. The molecule has 0 saturated carbocycles. The number of carbonyl (C=O) groups excluding carboxylic acids is 1. The molecule has 0 aliphatic rings. The van der Waals surface area contributed by atoms with Crippen LogP contribution >= 0.6 is 22.9 Å². The summed E-state index contributed by atoms with van der Waals surface area (Å²) in [5.74, 6) is 0.0297. The van der Waals surface area contributed by atoms with Crippen LogP contribution in [-0.2, 0) is 11.3 Å². The molecule has 1 aromatic carbocycles. The maximum absolute atomic E-state index is 11.8. The fraction of sp³-hybridized carbons (Fsp3) is 0.214. The molecule has 0 spiro atoms. The van der Waals surface area contributed by atoms with Crippen LogP contribution in [0.3, 0.4) is 0 Å². The van der Waals surface area contributed by atoms with Crippen molar-refractivity contribution in [1.82, 2.24) is 0 Å². The number of ether oxygens (including phenoxy) is 1. The maximum atomic E-state index is 11.8. The maximum Gasteiger partial charge on any atom is 0.198 e. The first-order valence-electron chi connectivity index (χ1n) is 5.57. The molecule has 0 radical (unpaired) electrons. The Morgan fingerprint density at radius 1 is 1.22 bits per heavy atom. The lowest BCUT2D eigenvalue weighted by Crippen LogP contribution is -2.07. The Morgan fingerprint density at radius 3 is 2.56 bits per heavy atom. The first kappa shape index (κ1) is 13.3. The highest BCUT2D eigenvalue weighted by molar-refractivity contribution is 7.14. The molecule has 1 aromatic heterocycles. The van der Waals surface area contributed by atoms with Crippen molar-refractivity contribution in [3.63, 3.8) is 0 Å². The van der Waals surface area contributed by atoms with Gasteiger partial charge in [0.05, 0.1) is 11.5 Å². The van der Waals surface area contributed by atoms with Crippen LogP contribution in [0.4, 0.5) is 0 Å². The SMILES string of the molecule is Cc1ccc(C(=O)COCc2ccc(Cl)cc2)s1. The second kappa shape index (κ2) is 6.14. The molecule has 1 heterocycles. The second-order valence-electron chi connectivity index (χ2n) is 3.95. The predicted molar refractivity (Wildman–Crippen MR) is 74.5 cm³/mol. The van der Waals surface area contributed by atoms with Gasteiger partial charge < -0.3 is 4.74 Å². The van der Waals surface area contributed by atoms with E-state index in [0.29, 0.717) is 11.6 Å². The molecule has 18 heavy (non-hydrogen) atoms. The number of halogens is 1. The zero-order chi connectivity index (χ0) is 13.0. The van der Waals surface area contributed by atoms with Gasteiger partial charge in [-0.3, -0.25) is 4.79 Å². The van der Waals surface area contributed by atoms with E-state index in [2.05, 4.69) is 0 Å². The van der Waals surface area contributed by atoms with E-state index < -0.39 is 0 Å². The van der Waals surface area contributed by atoms with Crippen LogP contribution in [0.2, 0.25) is 5.02 Å². The third-order valence-corrected chi connectivity index (χ3v) is 3.72. The van der Waals surface area contributed by atoms with Crippen molar-refractivity contribution < 1.29 is 9.53 Å². The van der Waals surface area contributed by atoms with E-state index in [-0.39, 0.29) is 12.4 Å². The van der Waals surface area contributed by atoms with Crippen LogP contribution in [0.15, 0.2) is 36.4 Å². The summed E-state index contributed by atoms with van der Waals surface area (Å²) in [5, 5.41) is 0.698. The zero-order valence-electron chi connectivity index (χ0n) is 9.98. The van der Waals surface area contributed by atoms with Crippen LogP contribution in [0.1, 0.15) is 20.1 Å². The summed E-state index contributed by atoms with van der Waals surface area (Å²) in [6.45, 7) is 2.52.